The zero-order chi connectivity index (χ0) is 29.1. The van der Waals surface area contributed by atoms with Gasteiger partial charge in [0.15, 0.2) is 16.3 Å². The Hall–Kier alpha value is -4.45. The monoisotopic (exact) mass is 566 g/mol. The summed E-state index contributed by atoms with van der Waals surface area (Å²) in [5.41, 5.74) is 1.17. The SMILES string of the molecule is CCN(CC)C(=O)C1=C(C)N=c2s/c(=C\c3cc([N+](=O)[O-])cc(OC)c3OC)c(=O)n2[C@H]1c1ccccc1OC. The molecule has 0 fully saturated rings. The van der Waals surface area contributed by atoms with Crippen LogP contribution in [0.3, 0.4) is 0 Å². The van der Waals surface area contributed by atoms with Crippen molar-refractivity contribution in [3.63, 3.8) is 0 Å². The summed E-state index contributed by atoms with van der Waals surface area (Å²) in [7, 11) is 4.33. The van der Waals surface area contributed by atoms with Gasteiger partial charge in [-0.15, -0.1) is 0 Å². The number of methoxy groups -OCH3 is 3. The van der Waals surface area contributed by atoms with Crippen molar-refractivity contribution in [1.82, 2.24) is 9.47 Å². The van der Waals surface area contributed by atoms with E-state index in [1.54, 1.807) is 17.9 Å². The third kappa shape index (κ3) is 4.97. The van der Waals surface area contributed by atoms with Gasteiger partial charge < -0.3 is 19.1 Å². The van der Waals surface area contributed by atoms with Crippen LogP contribution in [0, 0.1) is 10.1 Å². The minimum Gasteiger partial charge on any atom is -0.496 e. The zero-order valence-electron chi connectivity index (χ0n) is 23.1. The van der Waals surface area contributed by atoms with Gasteiger partial charge >= 0.3 is 0 Å². The van der Waals surface area contributed by atoms with E-state index < -0.39 is 16.5 Å². The van der Waals surface area contributed by atoms with Crippen LogP contribution in [0.5, 0.6) is 17.2 Å². The van der Waals surface area contributed by atoms with Crippen molar-refractivity contribution in [1.29, 1.82) is 0 Å². The molecular formula is C28H30N4O7S. The van der Waals surface area contributed by atoms with Crippen LogP contribution in [0.2, 0.25) is 0 Å². The normalized spacial score (nSPS) is 14.8. The molecule has 1 aliphatic rings. The molecule has 4 rings (SSSR count). The number of non-ortho nitro benzene ring substituents is 1. The highest BCUT2D eigenvalue weighted by atomic mass is 32.1. The maximum atomic E-state index is 14.0. The number of allylic oxidation sites excluding steroid dienone is 1. The number of ether oxygens (including phenoxy) is 3. The molecule has 1 atom stereocenters. The lowest BCUT2D eigenvalue weighted by Crippen LogP contribution is -2.43. The zero-order valence-corrected chi connectivity index (χ0v) is 23.9. The second-order valence-electron chi connectivity index (χ2n) is 8.83. The van der Waals surface area contributed by atoms with Gasteiger partial charge in [0.25, 0.3) is 17.2 Å². The fourth-order valence-corrected chi connectivity index (χ4v) is 5.83. The predicted octanol–water partition coefficient (Wildman–Crippen LogP) is 3.04. The minimum absolute atomic E-state index is 0.158. The summed E-state index contributed by atoms with van der Waals surface area (Å²) in [5.74, 6) is 0.701. The van der Waals surface area contributed by atoms with Crippen LogP contribution in [-0.2, 0) is 4.79 Å². The molecule has 3 aromatic rings. The summed E-state index contributed by atoms with van der Waals surface area (Å²) in [6.45, 7) is 6.52. The number of thiazole rings is 1. The molecule has 0 saturated heterocycles. The van der Waals surface area contributed by atoms with Gasteiger partial charge in [-0.25, -0.2) is 4.99 Å². The first kappa shape index (κ1) is 28.6. The standard InChI is InChI=1S/C28H30N4O7S/c1-7-30(8-2)27(34)23-16(3)29-28-31(24(23)19-11-9-10-12-20(19)37-4)26(33)22(40-28)14-17-13-18(32(35)36)15-21(38-5)25(17)39-6/h9-15,24H,7-8H2,1-6H3/b22-14-/t24-/m0/s1. The molecular weight excluding hydrogens is 536 g/mol. The van der Waals surface area contributed by atoms with Crippen LogP contribution in [-0.4, -0.2) is 54.7 Å². The molecule has 0 aliphatic carbocycles. The average molecular weight is 567 g/mol. The number of nitro groups is 1. The van der Waals surface area contributed by atoms with Gasteiger partial charge in [0, 0.05) is 30.3 Å². The van der Waals surface area contributed by atoms with E-state index in [-0.39, 0.29) is 27.6 Å². The molecule has 11 nitrogen and oxygen atoms in total. The number of nitro benzene ring substituents is 1. The van der Waals surface area contributed by atoms with Crippen molar-refractivity contribution in [3.8, 4) is 17.2 Å². The number of amides is 1. The Balaban J connectivity index is 2.04. The summed E-state index contributed by atoms with van der Waals surface area (Å²) in [5, 5.41) is 11.6. The van der Waals surface area contributed by atoms with Crippen molar-refractivity contribution < 1.29 is 23.9 Å². The Labute approximate surface area is 234 Å². The molecule has 0 unspecified atom stereocenters. The van der Waals surface area contributed by atoms with Crippen molar-refractivity contribution >= 4 is 29.0 Å². The van der Waals surface area contributed by atoms with Crippen molar-refractivity contribution in [2.75, 3.05) is 34.4 Å². The molecule has 12 heteroatoms. The van der Waals surface area contributed by atoms with Crippen LogP contribution in [0.25, 0.3) is 6.08 Å². The lowest BCUT2D eigenvalue weighted by molar-refractivity contribution is -0.385. The van der Waals surface area contributed by atoms with Gasteiger partial charge in [0.1, 0.15) is 11.8 Å². The fourth-order valence-electron chi connectivity index (χ4n) is 4.80. The number of aromatic nitrogens is 1. The molecule has 210 valence electrons. The highest BCUT2D eigenvalue weighted by molar-refractivity contribution is 7.07. The van der Waals surface area contributed by atoms with E-state index in [4.69, 9.17) is 14.2 Å². The predicted molar refractivity (Wildman–Crippen MR) is 151 cm³/mol. The summed E-state index contributed by atoms with van der Waals surface area (Å²) in [6, 6.07) is 9.01. The number of rotatable bonds is 9. The number of benzene rings is 2. The number of hydrogen-bond acceptors (Lipinski definition) is 9. The Bertz CT molecular complexity index is 1690. The molecule has 40 heavy (non-hydrogen) atoms. The maximum Gasteiger partial charge on any atom is 0.274 e. The van der Waals surface area contributed by atoms with E-state index >= 15 is 0 Å². The largest absolute Gasteiger partial charge is 0.496 e. The quantitative estimate of drug-likeness (QED) is 0.288. The second-order valence-corrected chi connectivity index (χ2v) is 9.84. The summed E-state index contributed by atoms with van der Waals surface area (Å²) in [4.78, 5) is 45.6. The number of carbonyl (C=O) groups is 1. The Morgan fingerprint density at radius 2 is 1.80 bits per heavy atom. The molecule has 0 saturated carbocycles. The number of para-hydroxylation sites is 1. The van der Waals surface area contributed by atoms with Crippen LogP contribution >= 0.6 is 11.3 Å². The summed E-state index contributed by atoms with van der Waals surface area (Å²) in [6.07, 6.45) is 1.52. The lowest BCUT2D eigenvalue weighted by Gasteiger charge is -2.29. The first-order valence-electron chi connectivity index (χ1n) is 12.6. The van der Waals surface area contributed by atoms with Gasteiger partial charge in [0.05, 0.1) is 48.1 Å². The number of nitrogens with zero attached hydrogens (tertiary/aromatic N) is 4. The molecule has 0 spiro atoms. The van der Waals surface area contributed by atoms with Crippen LogP contribution in [0.4, 0.5) is 5.69 Å². The van der Waals surface area contributed by atoms with E-state index in [0.717, 1.165) is 11.3 Å². The van der Waals surface area contributed by atoms with E-state index in [0.29, 0.717) is 46.0 Å². The van der Waals surface area contributed by atoms with Gasteiger partial charge in [-0.3, -0.25) is 24.3 Å². The Morgan fingerprint density at radius 3 is 2.40 bits per heavy atom. The first-order valence-corrected chi connectivity index (χ1v) is 13.4. The molecule has 1 aromatic heterocycles. The molecule has 0 N–H and O–H groups in total. The second kappa shape index (κ2) is 11.7. The number of hydrogen-bond donors (Lipinski definition) is 0. The number of likely N-dealkylation sites (N-methyl/N-ethyl adjacent to an activating group) is 1. The van der Waals surface area contributed by atoms with Crippen molar-refractivity contribution in [3.05, 3.63) is 88.6 Å². The first-order chi connectivity index (χ1) is 19.2. The molecule has 1 aliphatic heterocycles. The smallest absolute Gasteiger partial charge is 0.274 e. The van der Waals surface area contributed by atoms with Gasteiger partial charge in [0.2, 0.25) is 0 Å². The number of fused-ring (bicyclic) bond motifs is 1. The van der Waals surface area contributed by atoms with E-state index in [9.17, 15) is 19.7 Å². The Morgan fingerprint density at radius 1 is 1.12 bits per heavy atom. The maximum absolute atomic E-state index is 14.0. The lowest BCUT2D eigenvalue weighted by atomic mass is 9.94. The molecule has 0 radical (unpaired) electrons. The van der Waals surface area contributed by atoms with Gasteiger partial charge in [-0.1, -0.05) is 29.5 Å². The Kier molecular flexibility index (Phi) is 8.38. The van der Waals surface area contributed by atoms with Crippen LogP contribution in [0.15, 0.2) is 57.5 Å². The average Bonchev–Trinajstić information content (AvgIpc) is 3.26. The van der Waals surface area contributed by atoms with Crippen LogP contribution in [0.1, 0.15) is 37.9 Å². The number of carbonyl (C=O) groups excluding carboxylic acids is 1. The fraction of sp³-hybridized carbons (Fsp3) is 0.321. The highest BCUT2D eigenvalue weighted by Crippen LogP contribution is 2.37. The highest BCUT2D eigenvalue weighted by Gasteiger charge is 2.35. The van der Waals surface area contributed by atoms with E-state index in [1.807, 2.05) is 32.0 Å². The third-order valence-electron chi connectivity index (χ3n) is 6.73. The van der Waals surface area contributed by atoms with Crippen molar-refractivity contribution in [2.24, 2.45) is 4.99 Å². The minimum atomic E-state index is -0.802. The van der Waals surface area contributed by atoms with Crippen molar-refractivity contribution in [2.45, 2.75) is 26.8 Å². The van der Waals surface area contributed by atoms with Crippen LogP contribution < -0.4 is 29.1 Å². The molecule has 2 aromatic carbocycles. The van der Waals surface area contributed by atoms with E-state index in [1.165, 1.54) is 44.1 Å². The topological polar surface area (TPSA) is 126 Å². The summed E-state index contributed by atoms with van der Waals surface area (Å²) < 4.78 is 18.1. The van der Waals surface area contributed by atoms with Gasteiger partial charge in [-0.05, 0) is 32.9 Å². The van der Waals surface area contributed by atoms with Gasteiger partial charge in [-0.2, -0.15) is 0 Å². The van der Waals surface area contributed by atoms with E-state index in [2.05, 4.69) is 4.99 Å². The summed E-state index contributed by atoms with van der Waals surface area (Å²) >= 11 is 1.12. The third-order valence-corrected chi connectivity index (χ3v) is 7.71. The molecule has 2 heterocycles. The molecule has 0 bridgehead atoms. The molecule has 1 amide bonds.